The summed E-state index contributed by atoms with van der Waals surface area (Å²) in [7, 11) is 0. The van der Waals surface area contributed by atoms with Gasteiger partial charge in [-0.05, 0) is 24.6 Å². The van der Waals surface area contributed by atoms with Crippen molar-refractivity contribution in [3.05, 3.63) is 59.2 Å². The van der Waals surface area contributed by atoms with Crippen molar-refractivity contribution >= 4 is 11.6 Å². The van der Waals surface area contributed by atoms with Crippen LogP contribution in [0.1, 0.15) is 29.7 Å². The molecule has 1 atom stereocenters. The van der Waals surface area contributed by atoms with Gasteiger partial charge in [-0.15, -0.1) is 0 Å². The first-order chi connectivity index (χ1) is 10.8. The van der Waals surface area contributed by atoms with Crippen molar-refractivity contribution < 1.29 is 23.1 Å². The van der Waals surface area contributed by atoms with Crippen LogP contribution in [-0.2, 0) is 17.3 Å². The summed E-state index contributed by atoms with van der Waals surface area (Å²) in [6.07, 6.45) is 1.13. The fourth-order valence-corrected chi connectivity index (χ4v) is 2.72. The van der Waals surface area contributed by atoms with Crippen LogP contribution in [0, 0.1) is 5.82 Å². The van der Waals surface area contributed by atoms with E-state index in [1.807, 2.05) is 0 Å². The Morgan fingerprint density at radius 3 is 2.74 bits per heavy atom. The van der Waals surface area contributed by atoms with Gasteiger partial charge in [0.05, 0.1) is 30.1 Å². The second kappa shape index (κ2) is 5.34. The van der Waals surface area contributed by atoms with Crippen LogP contribution in [0.3, 0.4) is 0 Å². The number of anilines is 1. The van der Waals surface area contributed by atoms with Crippen LogP contribution in [0.15, 0.2) is 36.7 Å². The lowest BCUT2D eigenvalue weighted by Gasteiger charge is -2.18. The molecule has 0 saturated heterocycles. The first-order valence-corrected chi connectivity index (χ1v) is 6.93. The molecule has 4 nitrogen and oxygen atoms in total. The monoisotopic (exact) mass is 322 g/mol. The zero-order valence-electron chi connectivity index (χ0n) is 12.1. The molecule has 3 rings (SSSR count). The molecule has 0 unspecified atom stereocenters. The quantitative estimate of drug-likeness (QED) is 0.945. The fourth-order valence-electron chi connectivity index (χ4n) is 2.72. The minimum Gasteiger partial charge on any atom is -0.389 e. The van der Waals surface area contributed by atoms with E-state index in [9.17, 15) is 23.1 Å². The summed E-state index contributed by atoms with van der Waals surface area (Å²) in [6.45, 7) is 1.01. The molecular weight excluding hydrogens is 309 g/mol. The largest absolute Gasteiger partial charge is 0.389 e. The minimum atomic E-state index is -3.76. The Bertz CT molecular complexity index is 778. The Balaban J connectivity index is 2.11. The normalized spacial score (nSPS) is 17.3. The van der Waals surface area contributed by atoms with E-state index in [-0.39, 0.29) is 23.4 Å². The molecule has 1 aromatic heterocycles. The Labute approximate surface area is 130 Å². The summed E-state index contributed by atoms with van der Waals surface area (Å²) in [4.78, 5) is 16.6. The first kappa shape index (κ1) is 15.5. The molecule has 1 amide bonds. The Morgan fingerprint density at radius 1 is 1.35 bits per heavy atom. The molecule has 0 radical (unpaired) electrons. The fraction of sp³-hybridized carbons (Fsp3) is 0.250. The number of hydrogen-bond acceptors (Lipinski definition) is 3. The summed E-state index contributed by atoms with van der Waals surface area (Å²) < 4.78 is 42.5. The lowest BCUT2D eigenvalue weighted by Crippen LogP contribution is -2.34. The van der Waals surface area contributed by atoms with Crippen molar-refractivity contribution in [1.29, 1.82) is 0 Å². The van der Waals surface area contributed by atoms with Crippen molar-refractivity contribution in [2.45, 2.75) is 25.5 Å². The molecule has 2 aromatic rings. The molecule has 0 saturated carbocycles. The van der Waals surface area contributed by atoms with Crippen LogP contribution in [0.4, 0.5) is 18.9 Å². The molecule has 1 N–H and O–H groups in total. The number of carbonyl (C=O) groups excluding carboxylic acids is 1. The molecule has 23 heavy (non-hydrogen) atoms. The summed E-state index contributed by atoms with van der Waals surface area (Å²) in [6, 6.07) is 5.52. The van der Waals surface area contributed by atoms with Gasteiger partial charge in [0, 0.05) is 11.8 Å². The number of hydrogen-bond donors (Lipinski definition) is 1. The number of fused-ring (bicyclic) bond motifs is 1. The van der Waals surface area contributed by atoms with E-state index in [0.29, 0.717) is 0 Å². The van der Waals surface area contributed by atoms with E-state index in [1.165, 1.54) is 37.4 Å². The van der Waals surface area contributed by atoms with E-state index >= 15 is 0 Å². The highest BCUT2D eigenvalue weighted by Crippen LogP contribution is 2.47. The van der Waals surface area contributed by atoms with Crippen LogP contribution < -0.4 is 4.90 Å². The number of rotatable bonds is 3. The third-order valence-corrected chi connectivity index (χ3v) is 3.83. The van der Waals surface area contributed by atoms with Crippen molar-refractivity contribution in [3.63, 3.8) is 0 Å². The highest BCUT2D eigenvalue weighted by molar-refractivity contribution is 6.06. The Kier molecular flexibility index (Phi) is 3.60. The second-order valence-corrected chi connectivity index (χ2v) is 5.35. The van der Waals surface area contributed by atoms with E-state index in [0.717, 1.165) is 11.1 Å². The maximum atomic E-state index is 14.4. The Hall–Kier alpha value is -2.41. The number of benzene rings is 1. The molecule has 0 spiro atoms. The van der Waals surface area contributed by atoms with Crippen LogP contribution in [0.25, 0.3) is 0 Å². The highest BCUT2D eigenvalue weighted by Gasteiger charge is 2.54. The van der Waals surface area contributed by atoms with Crippen LogP contribution >= 0.6 is 0 Å². The zero-order valence-corrected chi connectivity index (χ0v) is 12.1. The van der Waals surface area contributed by atoms with Crippen LogP contribution in [0.2, 0.25) is 0 Å². The number of aliphatic hydroxyl groups is 1. The van der Waals surface area contributed by atoms with Gasteiger partial charge in [-0.1, -0.05) is 12.1 Å². The number of carbonyl (C=O) groups is 1. The van der Waals surface area contributed by atoms with Gasteiger partial charge in [-0.2, -0.15) is 8.78 Å². The third-order valence-electron chi connectivity index (χ3n) is 3.83. The molecular formula is C16H13F3N2O2. The number of alkyl halides is 2. The van der Waals surface area contributed by atoms with Gasteiger partial charge in [0.2, 0.25) is 0 Å². The summed E-state index contributed by atoms with van der Waals surface area (Å²) in [5.74, 6) is -5.87. The maximum Gasteiger partial charge on any atom is 0.352 e. The molecule has 0 aliphatic carbocycles. The number of aromatic nitrogens is 1. The molecule has 1 aliphatic heterocycles. The van der Waals surface area contributed by atoms with Gasteiger partial charge >= 0.3 is 11.8 Å². The van der Waals surface area contributed by atoms with E-state index in [4.69, 9.17) is 0 Å². The molecule has 1 aromatic carbocycles. The predicted octanol–water partition coefficient (Wildman–Crippen LogP) is 2.91. The molecule has 120 valence electrons. The Morgan fingerprint density at radius 2 is 2.09 bits per heavy atom. The number of halogens is 3. The van der Waals surface area contributed by atoms with Crippen molar-refractivity contribution in [2.75, 3.05) is 4.90 Å². The lowest BCUT2D eigenvalue weighted by molar-refractivity contribution is -0.141. The smallest absolute Gasteiger partial charge is 0.352 e. The van der Waals surface area contributed by atoms with Gasteiger partial charge in [0.25, 0.3) is 0 Å². The first-order valence-electron chi connectivity index (χ1n) is 6.93. The minimum absolute atomic E-state index is 0.0152. The predicted molar refractivity (Wildman–Crippen MR) is 76.4 cm³/mol. The summed E-state index contributed by atoms with van der Waals surface area (Å²) in [5.41, 5.74) is -0.470. The highest BCUT2D eigenvalue weighted by atomic mass is 19.3. The molecule has 7 heteroatoms. The number of pyridine rings is 1. The number of amides is 1. The zero-order chi connectivity index (χ0) is 16.8. The SMILES string of the molecule is C[C@H](O)c1cccc2c1C(F)(F)C(=O)N2Cc1ccncc1F. The van der Waals surface area contributed by atoms with E-state index < -0.39 is 29.3 Å². The van der Waals surface area contributed by atoms with Gasteiger partial charge < -0.3 is 10.0 Å². The maximum absolute atomic E-state index is 14.4. The van der Waals surface area contributed by atoms with Crippen LogP contribution in [0.5, 0.6) is 0 Å². The second-order valence-electron chi connectivity index (χ2n) is 5.35. The van der Waals surface area contributed by atoms with Crippen LogP contribution in [-0.4, -0.2) is 16.0 Å². The summed E-state index contributed by atoms with van der Waals surface area (Å²) >= 11 is 0. The van der Waals surface area contributed by atoms with Gasteiger partial charge in [0.15, 0.2) is 0 Å². The van der Waals surface area contributed by atoms with Gasteiger partial charge in [0.1, 0.15) is 5.82 Å². The van der Waals surface area contributed by atoms with E-state index in [2.05, 4.69) is 4.98 Å². The summed E-state index contributed by atoms with van der Waals surface area (Å²) in [5, 5.41) is 9.70. The number of aliphatic hydroxyl groups excluding tert-OH is 1. The van der Waals surface area contributed by atoms with Crippen molar-refractivity contribution in [1.82, 2.24) is 4.98 Å². The van der Waals surface area contributed by atoms with Gasteiger partial charge in [-0.25, -0.2) is 4.39 Å². The van der Waals surface area contributed by atoms with Gasteiger partial charge in [-0.3, -0.25) is 9.78 Å². The van der Waals surface area contributed by atoms with Crippen molar-refractivity contribution in [3.8, 4) is 0 Å². The molecule has 1 aliphatic rings. The topological polar surface area (TPSA) is 53.4 Å². The third kappa shape index (κ3) is 2.37. The van der Waals surface area contributed by atoms with E-state index in [1.54, 1.807) is 0 Å². The average molecular weight is 322 g/mol. The standard InChI is InChI=1S/C16H13F3N2O2/c1-9(22)11-3-2-4-13-14(11)16(18,19)15(23)21(13)8-10-5-6-20-7-12(10)17/h2-7,9,22H,8H2,1H3/t9-/m0/s1. The van der Waals surface area contributed by atoms with Crippen molar-refractivity contribution in [2.24, 2.45) is 0 Å². The molecule has 0 fully saturated rings. The average Bonchev–Trinajstić information content (AvgIpc) is 2.70. The molecule has 0 bridgehead atoms. The molecule has 2 heterocycles. The number of nitrogens with zero attached hydrogens (tertiary/aromatic N) is 2. The lowest BCUT2D eigenvalue weighted by atomic mass is 9.98.